The van der Waals surface area contributed by atoms with Gasteiger partial charge in [0.05, 0.1) is 12.3 Å². The van der Waals surface area contributed by atoms with Crippen molar-refractivity contribution in [3.63, 3.8) is 0 Å². The molecular weight excluding hydrogens is 258 g/mol. The molecule has 98 valence electrons. The first kappa shape index (κ1) is 13.5. The van der Waals surface area contributed by atoms with Crippen molar-refractivity contribution >= 4 is 11.3 Å². The molecule has 0 saturated heterocycles. The van der Waals surface area contributed by atoms with E-state index in [-0.39, 0.29) is 0 Å². The van der Waals surface area contributed by atoms with Crippen LogP contribution in [-0.4, -0.2) is 11.6 Å². The summed E-state index contributed by atoms with van der Waals surface area (Å²) in [6.07, 6.45) is 0.978. The highest BCUT2D eigenvalue weighted by Crippen LogP contribution is 2.28. The standard InChI is InChI=1S/C14H15N3OS/c1-2-7-18-11-5-3-10(4-6-11)14-12(8-15)19-13(9-16)17-14/h3-6H,2,7,9,16H2,1H3. The summed E-state index contributed by atoms with van der Waals surface area (Å²) in [6, 6.07) is 9.80. The van der Waals surface area contributed by atoms with Crippen LogP contribution in [0.25, 0.3) is 11.3 Å². The average molecular weight is 273 g/mol. The van der Waals surface area contributed by atoms with Gasteiger partial charge >= 0.3 is 0 Å². The van der Waals surface area contributed by atoms with E-state index in [1.165, 1.54) is 11.3 Å². The van der Waals surface area contributed by atoms with E-state index >= 15 is 0 Å². The maximum Gasteiger partial charge on any atom is 0.132 e. The Labute approximate surface area is 116 Å². The molecule has 0 aliphatic heterocycles. The molecule has 0 aliphatic carbocycles. The monoisotopic (exact) mass is 273 g/mol. The van der Waals surface area contributed by atoms with Gasteiger partial charge in [-0.15, -0.1) is 11.3 Å². The largest absolute Gasteiger partial charge is 0.494 e. The predicted octanol–water partition coefficient (Wildman–Crippen LogP) is 2.93. The number of aromatic nitrogens is 1. The highest BCUT2D eigenvalue weighted by atomic mass is 32.1. The Balaban J connectivity index is 2.27. The summed E-state index contributed by atoms with van der Waals surface area (Å²) >= 11 is 1.34. The van der Waals surface area contributed by atoms with Crippen molar-refractivity contribution < 1.29 is 4.74 Å². The Morgan fingerprint density at radius 2 is 2.11 bits per heavy atom. The molecule has 2 aromatic rings. The molecule has 1 heterocycles. The van der Waals surface area contributed by atoms with E-state index in [1.807, 2.05) is 24.3 Å². The molecule has 2 rings (SSSR count). The average Bonchev–Trinajstić information content (AvgIpc) is 2.89. The molecular formula is C14H15N3OS. The molecule has 19 heavy (non-hydrogen) atoms. The van der Waals surface area contributed by atoms with Gasteiger partial charge in [-0.05, 0) is 30.7 Å². The quantitative estimate of drug-likeness (QED) is 0.909. The number of hydrogen-bond acceptors (Lipinski definition) is 5. The van der Waals surface area contributed by atoms with Crippen molar-refractivity contribution in [2.24, 2.45) is 5.73 Å². The Morgan fingerprint density at radius 1 is 1.37 bits per heavy atom. The SMILES string of the molecule is CCCOc1ccc(-c2nc(CN)sc2C#N)cc1. The number of nitriles is 1. The smallest absolute Gasteiger partial charge is 0.132 e. The lowest BCUT2D eigenvalue weighted by atomic mass is 10.1. The van der Waals surface area contributed by atoms with Crippen molar-refractivity contribution in [1.29, 1.82) is 5.26 Å². The van der Waals surface area contributed by atoms with Crippen molar-refractivity contribution in [2.75, 3.05) is 6.61 Å². The molecule has 2 N–H and O–H groups in total. The number of thiazole rings is 1. The summed E-state index contributed by atoms with van der Waals surface area (Å²) in [5.41, 5.74) is 7.18. The van der Waals surface area contributed by atoms with Gasteiger partial charge in [0.2, 0.25) is 0 Å². The minimum Gasteiger partial charge on any atom is -0.494 e. The van der Waals surface area contributed by atoms with Crippen LogP contribution in [0.1, 0.15) is 23.2 Å². The Morgan fingerprint density at radius 3 is 2.68 bits per heavy atom. The van der Waals surface area contributed by atoms with Crippen LogP contribution in [0.15, 0.2) is 24.3 Å². The number of nitrogens with zero attached hydrogens (tertiary/aromatic N) is 2. The van der Waals surface area contributed by atoms with Gasteiger partial charge in [0, 0.05) is 12.1 Å². The number of benzene rings is 1. The Hall–Kier alpha value is -1.90. The molecule has 0 fully saturated rings. The fourth-order valence-corrected chi connectivity index (χ4v) is 2.41. The van der Waals surface area contributed by atoms with Crippen molar-refractivity contribution in [3.8, 4) is 23.1 Å². The molecule has 0 radical (unpaired) electrons. The third-order valence-corrected chi connectivity index (χ3v) is 3.53. The summed E-state index contributed by atoms with van der Waals surface area (Å²) in [4.78, 5) is 4.99. The first-order valence-electron chi connectivity index (χ1n) is 6.11. The summed E-state index contributed by atoms with van der Waals surface area (Å²) in [6.45, 7) is 3.13. The number of hydrogen-bond donors (Lipinski definition) is 1. The summed E-state index contributed by atoms with van der Waals surface area (Å²) in [7, 11) is 0. The molecule has 0 amide bonds. The lowest BCUT2D eigenvalue weighted by Gasteiger charge is -2.04. The molecule has 0 atom stereocenters. The first-order valence-corrected chi connectivity index (χ1v) is 6.93. The normalized spacial score (nSPS) is 10.2. The number of rotatable bonds is 5. The number of ether oxygens (including phenoxy) is 1. The maximum atomic E-state index is 9.11. The highest BCUT2D eigenvalue weighted by molar-refractivity contribution is 7.12. The second kappa shape index (κ2) is 6.32. The fourth-order valence-electron chi connectivity index (χ4n) is 1.65. The molecule has 0 bridgehead atoms. The number of nitrogens with two attached hydrogens (primary N) is 1. The van der Waals surface area contributed by atoms with Gasteiger partial charge in [-0.25, -0.2) is 4.98 Å². The molecule has 0 saturated carbocycles. The maximum absolute atomic E-state index is 9.11. The van der Waals surface area contributed by atoms with E-state index in [2.05, 4.69) is 18.0 Å². The molecule has 4 nitrogen and oxygen atoms in total. The third-order valence-electron chi connectivity index (χ3n) is 2.55. The molecule has 5 heteroatoms. The van der Waals surface area contributed by atoms with Crippen LogP contribution in [0.2, 0.25) is 0 Å². The third kappa shape index (κ3) is 3.11. The topological polar surface area (TPSA) is 71.9 Å². The van der Waals surface area contributed by atoms with Gasteiger partial charge in [-0.3, -0.25) is 0 Å². The van der Waals surface area contributed by atoms with E-state index in [1.54, 1.807) is 0 Å². The van der Waals surface area contributed by atoms with Crippen molar-refractivity contribution in [2.45, 2.75) is 19.9 Å². The van der Waals surface area contributed by atoms with E-state index in [9.17, 15) is 0 Å². The van der Waals surface area contributed by atoms with Crippen LogP contribution in [0.5, 0.6) is 5.75 Å². The zero-order valence-electron chi connectivity index (χ0n) is 10.7. The van der Waals surface area contributed by atoms with Gasteiger partial charge in [0.25, 0.3) is 0 Å². The van der Waals surface area contributed by atoms with E-state index in [4.69, 9.17) is 15.7 Å². The van der Waals surface area contributed by atoms with Crippen LogP contribution >= 0.6 is 11.3 Å². The van der Waals surface area contributed by atoms with E-state index < -0.39 is 0 Å². The summed E-state index contributed by atoms with van der Waals surface area (Å²) in [5.74, 6) is 0.832. The molecule has 0 aliphatic rings. The second-order valence-corrected chi connectivity index (χ2v) is 5.06. The molecule has 1 aromatic carbocycles. The van der Waals surface area contributed by atoms with Gasteiger partial charge < -0.3 is 10.5 Å². The summed E-state index contributed by atoms with van der Waals surface area (Å²) < 4.78 is 5.53. The lowest BCUT2D eigenvalue weighted by molar-refractivity contribution is 0.317. The fraction of sp³-hybridized carbons (Fsp3) is 0.286. The van der Waals surface area contributed by atoms with Crippen LogP contribution in [0, 0.1) is 11.3 Å². The van der Waals surface area contributed by atoms with Gasteiger partial charge in [0.15, 0.2) is 0 Å². The van der Waals surface area contributed by atoms with Gasteiger partial charge in [-0.2, -0.15) is 5.26 Å². The zero-order chi connectivity index (χ0) is 13.7. The molecule has 1 aromatic heterocycles. The molecule has 0 spiro atoms. The summed E-state index contributed by atoms with van der Waals surface area (Å²) in [5, 5.41) is 9.89. The highest BCUT2D eigenvalue weighted by Gasteiger charge is 2.12. The predicted molar refractivity (Wildman–Crippen MR) is 75.9 cm³/mol. The molecule has 0 unspecified atom stereocenters. The minimum atomic E-state index is 0.358. The minimum absolute atomic E-state index is 0.358. The van der Waals surface area contributed by atoms with Crippen LogP contribution in [0.3, 0.4) is 0 Å². The first-order chi connectivity index (χ1) is 9.28. The van der Waals surface area contributed by atoms with Crippen LogP contribution < -0.4 is 10.5 Å². The van der Waals surface area contributed by atoms with Gasteiger partial charge in [0.1, 0.15) is 21.7 Å². The Kier molecular flexibility index (Phi) is 4.50. The van der Waals surface area contributed by atoms with Crippen molar-refractivity contribution in [1.82, 2.24) is 4.98 Å². The zero-order valence-corrected chi connectivity index (χ0v) is 11.5. The van der Waals surface area contributed by atoms with E-state index in [0.717, 1.165) is 22.7 Å². The Bertz CT molecular complexity index is 584. The van der Waals surface area contributed by atoms with Crippen LogP contribution in [-0.2, 0) is 6.54 Å². The lowest BCUT2D eigenvalue weighted by Crippen LogP contribution is -1.95. The van der Waals surface area contributed by atoms with Crippen molar-refractivity contribution in [3.05, 3.63) is 34.2 Å². The van der Waals surface area contributed by atoms with Gasteiger partial charge in [-0.1, -0.05) is 6.92 Å². The van der Waals surface area contributed by atoms with E-state index in [0.29, 0.717) is 23.7 Å². The van der Waals surface area contributed by atoms with Crippen LogP contribution in [0.4, 0.5) is 0 Å². The second-order valence-electron chi connectivity index (χ2n) is 3.97.